The molecule has 0 aliphatic heterocycles. The maximum absolute atomic E-state index is 11.6. The molecule has 0 saturated carbocycles. The Labute approximate surface area is 290 Å². The normalized spacial score (nSPS) is 11.2. The summed E-state index contributed by atoms with van der Waals surface area (Å²) in [7, 11) is -1.01. The van der Waals surface area contributed by atoms with Crippen molar-refractivity contribution in [2.24, 2.45) is 0 Å². The van der Waals surface area contributed by atoms with Crippen LogP contribution in [-0.4, -0.2) is 46.8 Å². The van der Waals surface area contributed by atoms with E-state index in [1.807, 2.05) is 0 Å². The molecule has 2 rings (SSSR count). The zero-order chi connectivity index (χ0) is 30.3. The second kappa shape index (κ2) is 27.7. The molecule has 244 valence electrons. The number of carboxylic acid groups (broad SMARTS) is 1. The topological polar surface area (TPSA) is 112 Å². The fourth-order valence-corrected chi connectivity index (χ4v) is 5.39. The Morgan fingerprint density at radius 3 is 1.41 bits per heavy atom. The van der Waals surface area contributed by atoms with E-state index in [9.17, 15) is 14.1 Å². The van der Waals surface area contributed by atoms with Gasteiger partial charge in [-0.25, -0.2) is 4.79 Å². The summed E-state index contributed by atoms with van der Waals surface area (Å²) >= 11 is 0. The van der Waals surface area contributed by atoms with E-state index in [2.05, 4.69) is 6.92 Å². The molecule has 2 aromatic rings. The number of unbranched alkanes of at least 4 members (excludes halogenated alkanes) is 15. The van der Waals surface area contributed by atoms with Gasteiger partial charge >= 0.3 is 35.5 Å². The van der Waals surface area contributed by atoms with Gasteiger partial charge in [-0.3, -0.25) is 4.21 Å². The van der Waals surface area contributed by atoms with Crippen molar-refractivity contribution >= 4 is 16.8 Å². The number of hydrogen-bond acceptors (Lipinski definition) is 6. The van der Waals surface area contributed by atoms with Crippen molar-refractivity contribution < 1.29 is 63.4 Å². The molecule has 44 heavy (non-hydrogen) atoms. The van der Waals surface area contributed by atoms with E-state index < -0.39 is 16.8 Å². The predicted molar refractivity (Wildman–Crippen MR) is 175 cm³/mol. The quantitative estimate of drug-likeness (QED) is 0.0929. The summed E-state index contributed by atoms with van der Waals surface area (Å²) in [6, 6.07) is 12.0. The van der Waals surface area contributed by atoms with E-state index in [1.165, 1.54) is 96.0 Å². The number of aromatic carboxylic acids is 1. The third kappa shape index (κ3) is 20.5. The maximum Gasteiger partial charge on any atom is 1.00 e. The molecule has 9 heteroatoms. The first-order chi connectivity index (χ1) is 20.5. The molecule has 0 bridgehead atoms. The smallest absolute Gasteiger partial charge is 0.870 e. The van der Waals surface area contributed by atoms with Crippen molar-refractivity contribution in [3.63, 3.8) is 0 Å². The molecular weight excluding hydrogens is 587 g/mol. The summed E-state index contributed by atoms with van der Waals surface area (Å²) in [6.45, 7) is 3.68. The summed E-state index contributed by atoms with van der Waals surface area (Å²) in [6.07, 6.45) is 23.5. The second-order valence-electron chi connectivity index (χ2n) is 11.1. The third-order valence-corrected chi connectivity index (χ3v) is 8.31. The van der Waals surface area contributed by atoms with E-state index in [4.69, 9.17) is 14.2 Å². The molecule has 2 N–H and O–H groups in total. The van der Waals surface area contributed by atoms with Crippen molar-refractivity contribution in [1.82, 2.24) is 0 Å². The molecule has 0 heterocycles. The van der Waals surface area contributed by atoms with Gasteiger partial charge in [-0.1, -0.05) is 103 Å². The first kappa shape index (κ1) is 42.4. The minimum atomic E-state index is -1.01. The minimum absolute atomic E-state index is 0. The summed E-state index contributed by atoms with van der Waals surface area (Å²) in [5.41, 5.74) is 0.152. The van der Waals surface area contributed by atoms with Gasteiger partial charge in [-0.15, -0.1) is 0 Å². The molecule has 0 radical (unpaired) electrons. The van der Waals surface area contributed by atoms with Crippen LogP contribution in [0.5, 0.6) is 17.2 Å². The molecular formula is C35H55NaO7S. The zero-order valence-electron chi connectivity index (χ0n) is 27.5. The van der Waals surface area contributed by atoms with Crippen molar-refractivity contribution in [2.45, 2.75) is 121 Å². The average molecular weight is 643 g/mol. The van der Waals surface area contributed by atoms with Crippen LogP contribution in [0.3, 0.4) is 0 Å². The van der Waals surface area contributed by atoms with Gasteiger partial charge in [-0.05, 0) is 42.8 Å². The van der Waals surface area contributed by atoms with Crippen LogP contribution in [0.25, 0.3) is 0 Å². The SMILES string of the molecule is CCCCCCCCCCCCCCCCCCOc1cc(OCCCOc2ccc(S(C)=O)cc2)cc(C(=O)O)c1.[Na+].[OH-]. The molecule has 0 aliphatic rings. The van der Waals surface area contributed by atoms with Crippen molar-refractivity contribution in [3.8, 4) is 17.2 Å². The standard InChI is InChI=1S/C35H54O6S.Na.H2O/c1-3-4-5-6-7-8-9-10-11-12-13-14-15-16-17-18-24-40-32-27-30(35(36)37)28-33(29-32)41-26-19-25-39-31-20-22-34(23-21-31)42(2)38;;/h20-23,27-29H,3-19,24-26H2,1-2H3,(H,36,37);;1H2/q;+1;/p-1. The van der Waals surface area contributed by atoms with Gasteiger partial charge in [0.2, 0.25) is 0 Å². The predicted octanol–water partition coefficient (Wildman–Crippen LogP) is 6.44. The number of carboxylic acids is 1. The summed E-state index contributed by atoms with van der Waals surface area (Å²) in [5, 5.41) is 9.49. The van der Waals surface area contributed by atoms with Crippen LogP contribution in [0.4, 0.5) is 0 Å². The minimum Gasteiger partial charge on any atom is -0.870 e. The van der Waals surface area contributed by atoms with Gasteiger partial charge < -0.3 is 24.8 Å². The molecule has 2 aromatic carbocycles. The number of benzene rings is 2. The molecule has 7 nitrogen and oxygen atoms in total. The Kier molecular flexibility index (Phi) is 26.7. The van der Waals surface area contributed by atoms with Gasteiger partial charge in [0, 0.05) is 34.4 Å². The van der Waals surface area contributed by atoms with E-state index in [0.717, 1.165) is 17.7 Å². The first-order valence-electron chi connectivity index (χ1n) is 16.2. The summed E-state index contributed by atoms with van der Waals surface area (Å²) < 4.78 is 28.9. The third-order valence-electron chi connectivity index (χ3n) is 7.38. The molecule has 0 amide bonds. The summed E-state index contributed by atoms with van der Waals surface area (Å²) in [4.78, 5) is 12.3. The van der Waals surface area contributed by atoms with Crippen LogP contribution in [0.15, 0.2) is 47.4 Å². The van der Waals surface area contributed by atoms with Gasteiger partial charge in [0.05, 0.1) is 25.4 Å². The Balaban J connectivity index is 0.00000924. The Morgan fingerprint density at radius 1 is 0.614 bits per heavy atom. The molecule has 0 saturated heterocycles. The molecule has 1 atom stereocenters. The molecule has 0 aromatic heterocycles. The van der Waals surface area contributed by atoms with Gasteiger partial charge in [0.15, 0.2) is 0 Å². The number of carbonyl (C=O) groups is 1. The second-order valence-corrected chi connectivity index (χ2v) is 12.5. The largest absolute Gasteiger partial charge is 1.00 e. The van der Waals surface area contributed by atoms with Gasteiger partial charge in [0.1, 0.15) is 17.2 Å². The Morgan fingerprint density at radius 2 is 1.00 bits per heavy atom. The van der Waals surface area contributed by atoms with E-state index in [0.29, 0.717) is 43.5 Å². The molecule has 1 unspecified atom stereocenters. The fourth-order valence-electron chi connectivity index (χ4n) is 4.87. The number of ether oxygens (including phenoxy) is 3. The fraction of sp³-hybridized carbons (Fsp3) is 0.629. The van der Waals surface area contributed by atoms with Crippen LogP contribution in [0, 0.1) is 0 Å². The summed E-state index contributed by atoms with van der Waals surface area (Å²) in [5.74, 6) is 0.705. The van der Waals surface area contributed by atoms with Gasteiger partial charge in [0.25, 0.3) is 0 Å². The van der Waals surface area contributed by atoms with E-state index in [-0.39, 0.29) is 40.6 Å². The molecule has 0 aliphatic carbocycles. The van der Waals surface area contributed by atoms with Crippen molar-refractivity contribution in [2.75, 3.05) is 26.1 Å². The average Bonchev–Trinajstić information content (AvgIpc) is 2.98. The first-order valence-corrected chi connectivity index (χ1v) is 17.8. The van der Waals surface area contributed by atoms with Crippen LogP contribution < -0.4 is 43.8 Å². The maximum atomic E-state index is 11.6. The van der Waals surface area contributed by atoms with Crippen LogP contribution in [0.1, 0.15) is 126 Å². The Bertz CT molecular complexity index is 1020. The van der Waals surface area contributed by atoms with Crippen LogP contribution in [0.2, 0.25) is 0 Å². The number of rotatable bonds is 26. The van der Waals surface area contributed by atoms with E-state index in [1.54, 1.807) is 42.7 Å². The zero-order valence-corrected chi connectivity index (χ0v) is 30.3. The van der Waals surface area contributed by atoms with Gasteiger partial charge in [-0.2, -0.15) is 0 Å². The van der Waals surface area contributed by atoms with Crippen molar-refractivity contribution in [1.29, 1.82) is 0 Å². The monoisotopic (exact) mass is 642 g/mol. The van der Waals surface area contributed by atoms with Crippen LogP contribution in [-0.2, 0) is 10.8 Å². The number of hydrogen-bond donors (Lipinski definition) is 1. The molecule has 0 spiro atoms. The van der Waals surface area contributed by atoms with Crippen LogP contribution >= 0.6 is 0 Å². The van der Waals surface area contributed by atoms with E-state index >= 15 is 0 Å². The van der Waals surface area contributed by atoms with Crippen molar-refractivity contribution in [3.05, 3.63) is 48.0 Å². The Hall–Kier alpha value is -1.58. The molecule has 0 fully saturated rings.